The number of nitrogens with zero attached hydrogens (tertiary/aromatic N) is 4. The second kappa shape index (κ2) is 9.80. The molecule has 1 atom stereocenters. The summed E-state index contributed by atoms with van der Waals surface area (Å²) in [4.78, 5) is 26.8. The van der Waals surface area contributed by atoms with Crippen molar-refractivity contribution < 1.29 is 9.53 Å². The van der Waals surface area contributed by atoms with Crippen LogP contribution >= 0.6 is 0 Å². The molecular weight excluding hydrogens is 412 g/mol. The van der Waals surface area contributed by atoms with Gasteiger partial charge in [-0.1, -0.05) is 6.07 Å². The smallest absolute Gasteiger partial charge is 0.257 e. The van der Waals surface area contributed by atoms with Crippen LogP contribution in [0.3, 0.4) is 0 Å². The van der Waals surface area contributed by atoms with Crippen LogP contribution in [0.1, 0.15) is 83.5 Å². The first-order valence-electron chi connectivity index (χ1n) is 12.7. The van der Waals surface area contributed by atoms with Crippen LogP contribution in [0.25, 0.3) is 0 Å². The fraction of sp³-hybridized carbons (Fsp3) is 0.593. The first kappa shape index (κ1) is 22.3. The number of likely N-dealkylation sites (tertiary alicyclic amines) is 2. The summed E-state index contributed by atoms with van der Waals surface area (Å²) in [6.07, 6.45) is 9.80. The molecule has 1 aliphatic carbocycles. The number of hydrogen-bond donors (Lipinski definition) is 0. The quantitative estimate of drug-likeness (QED) is 0.660. The third-order valence-electron chi connectivity index (χ3n) is 7.46. The van der Waals surface area contributed by atoms with Crippen LogP contribution in [0.4, 0.5) is 0 Å². The van der Waals surface area contributed by atoms with Gasteiger partial charge in [-0.2, -0.15) is 0 Å². The van der Waals surface area contributed by atoms with Crippen molar-refractivity contribution in [2.75, 3.05) is 32.8 Å². The van der Waals surface area contributed by atoms with Crippen LogP contribution in [0.15, 0.2) is 18.3 Å². The highest BCUT2D eigenvalue weighted by atomic mass is 16.5. The van der Waals surface area contributed by atoms with Gasteiger partial charge >= 0.3 is 0 Å². The van der Waals surface area contributed by atoms with E-state index in [1.807, 2.05) is 11.8 Å². The standard InChI is InChI=1S/C27H36N4O2/c1-3-33-25-15-21-9-6-8-20(21)14-23(25)18-30-11-7-10-22(17-30)26-28-16-24(19(2)29-26)27(32)31-12-4-5-13-31/h14-16,22H,3-13,17-18H2,1-2H3/t22-/m1/s1. The highest BCUT2D eigenvalue weighted by Crippen LogP contribution is 2.33. The minimum atomic E-state index is 0.0851. The molecule has 3 heterocycles. The van der Waals surface area contributed by atoms with Gasteiger partial charge in [-0.05, 0) is 82.5 Å². The van der Waals surface area contributed by atoms with Crippen molar-refractivity contribution in [2.24, 2.45) is 0 Å². The van der Waals surface area contributed by atoms with Gasteiger partial charge in [0.05, 0.1) is 17.9 Å². The number of carbonyl (C=O) groups excluding carboxylic acids is 1. The largest absolute Gasteiger partial charge is 0.494 e. The summed E-state index contributed by atoms with van der Waals surface area (Å²) in [6.45, 7) is 9.35. The second-order valence-electron chi connectivity index (χ2n) is 9.82. The minimum absolute atomic E-state index is 0.0851. The van der Waals surface area contributed by atoms with E-state index in [-0.39, 0.29) is 5.91 Å². The summed E-state index contributed by atoms with van der Waals surface area (Å²) < 4.78 is 6.02. The Morgan fingerprint density at radius 1 is 1.09 bits per heavy atom. The maximum absolute atomic E-state index is 12.8. The Morgan fingerprint density at radius 2 is 1.88 bits per heavy atom. The molecule has 5 rings (SSSR count). The molecule has 0 N–H and O–H groups in total. The Hall–Kier alpha value is -2.47. The summed E-state index contributed by atoms with van der Waals surface area (Å²) in [6, 6.07) is 4.67. The monoisotopic (exact) mass is 448 g/mol. The lowest BCUT2D eigenvalue weighted by atomic mass is 9.96. The summed E-state index contributed by atoms with van der Waals surface area (Å²) >= 11 is 0. The average Bonchev–Trinajstić information content (AvgIpc) is 3.51. The van der Waals surface area contributed by atoms with Crippen LogP contribution in [0, 0.1) is 6.92 Å². The third kappa shape index (κ3) is 4.77. The molecule has 33 heavy (non-hydrogen) atoms. The lowest BCUT2D eigenvalue weighted by Gasteiger charge is -2.32. The van der Waals surface area contributed by atoms with Crippen molar-refractivity contribution >= 4 is 5.91 Å². The molecule has 2 saturated heterocycles. The van der Waals surface area contributed by atoms with E-state index in [1.165, 1.54) is 36.0 Å². The third-order valence-corrected chi connectivity index (χ3v) is 7.46. The van der Waals surface area contributed by atoms with E-state index in [9.17, 15) is 4.79 Å². The van der Waals surface area contributed by atoms with Gasteiger partial charge in [0.15, 0.2) is 0 Å². The fourth-order valence-corrected chi connectivity index (χ4v) is 5.70. The number of benzene rings is 1. The molecule has 6 heteroatoms. The number of amides is 1. The predicted molar refractivity (Wildman–Crippen MR) is 129 cm³/mol. The molecule has 2 aliphatic heterocycles. The first-order chi connectivity index (χ1) is 16.1. The SMILES string of the molecule is CCOc1cc2c(cc1CN1CCC[C@@H](c3ncc(C(=O)N4CCCC4)c(C)n3)C1)CCC2. The van der Waals surface area contributed by atoms with Gasteiger partial charge in [-0.25, -0.2) is 9.97 Å². The molecule has 176 valence electrons. The molecule has 2 aromatic rings. The zero-order chi connectivity index (χ0) is 22.8. The lowest BCUT2D eigenvalue weighted by Crippen LogP contribution is -2.35. The molecule has 1 aromatic carbocycles. The molecule has 0 radical (unpaired) electrons. The van der Waals surface area contributed by atoms with E-state index >= 15 is 0 Å². The zero-order valence-electron chi connectivity index (χ0n) is 20.1. The Morgan fingerprint density at radius 3 is 2.64 bits per heavy atom. The zero-order valence-corrected chi connectivity index (χ0v) is 20.1. The van der Waals surface area contributed by atoms with Crippen LogP contribution in [0.5, 0.6) is 5.75 Å². The van der Waals surface area contributed by atoms with E-state index in [4.69, 9.17) is 9.72 Å². The normalized spacial score (nSPS) is 20.8. The second-order valence-corrected chi connectivity index (χ2v) is 9.82. The molecular formula is C27H36N4O2. The molecule has 3 aliphatic rings. The number of fused-ring (bicyclic) bond motifs is 1. The van der Waals surface area contributed by atoms with Crippen molar-refractivity contribution in [3.63, 3.8) is 0 Å². The van der Waals surface area contributed by atoms with Gasteiger partial charge in [-0.15, -0.1) is 0 Å². The van der Waals surface area contributed by atoms with Gasteiger partial charge in [0, 0.05) is 43.9 Å². The fourth-order valence-electron chi connectivity index (χ4n) is 5.70. The average molecular weight is 449 g/mol. The van der Waals surface area contributed by atoms with Crippen LogP contribution in [0.2, 0.25) is 0 Å². The number of piperidine rings is 1. The molecule has 1 amide bonds. The van der Waals surface area contributed by atoms with Gasteiger partial charge in [-0.3, -0.25) is 9.69 Å². The van der Waals surface area contributed by atoms with Crippen molar-refractivity contribution in [1.82, 2.24) is 19.8 Å². The highest BCUT2D eigenvalue weighted by molar-refractivity contribution is 5.95. The Balaban J connectivity index is 1.29. The van der Waals surface area contributed by atoms with E-state index in [0.29, 0.717) is 18.1 Å². The van der Waals surface area contributed by atoms with Crippen LogP contribution in [-0.4, -0.2) is 58.5 Å². The highest BCUT2D eigenvalue weighted by Gasteiger charge is 2.27. The molecule has 2 fully saturated rings. The Kier molecular flexibility index (Phi) is 6.63. The number of ether oxygens (including phenoxy) is 1. The number of hydrogen-bond acceptors (Lipinski definition) is 5. The van der Waals surface area contributed by atoms with Crippen LogP contribution < -0.4 is 4.74 Å². The summed E-state index contributed by atoms with van der Waals surface area (Å²) in [5.41, 5.74) is 5.74. The first-order valence-corrected chi connectivity index (χ1v) is 12.7. The van der Waals surface area contributed by atoms with Crippen molar-refractivity contribution in [1.29, 1.82) is 0 Å². The number of aromatic nitrogens is 2. The summed E-state index contributed by atoms with van der Waals surface area (Å²) in [7, 11) is 0. The van der Waals surface area contributed by atoms with E-state index in [0.717, 1.165) is 75.7 Å². The maximum atomic E-state index is 12.8. The van der Waals surface area contributed by atoms with Gasteiger partial charge in [0.2, 0.25) is 0 Å². The summed E-state index contributed by atoms with van der Waals surface area (Å²) in [5, 5.41) is 0. The van der Waals surface area contributed by atoms with Gasteiger partial charge < -0.3 is 9.64 Å². The molecule has 1 aromatic heterocycles. The molecule has 0 bridgehead atoms. The lowest BCUT2D eigenvalue weighted by molar-refractivity contribution is 0.0791. The molecule has 0 spiro atoms. The van der Waals surface area contributed by atoms with E-state index in [2.05, 4.69) is 28.9 Å². The van der Waals surface area contributed by atoms with E-state index < -0.39 is 0 Å². The van der Waals surface area contributed by atoms with Crippen molar-refractivity contribution in [3.8, 4) is 5.75 Å². The van der Waals surface area contributed by atoms with Gasteiger partial charge in [0.1, 0.15) is 11.6 Å². The van der Waals surface area contributed by atoms with Crippen molar-refractivity contribution in [3.05, 3.63) is 52.1 Å². The van der Waals surface area contributed by atoms with E-state index in [1.54, 1.807) is 6.20 Å². The topological polar surface area (TPSA) is 58.6 Å². The van der Waals surface area contributed by atoms with Crippen LogP contribution in [-0.2, 0) is 19.4 Å². The molecule has 0 saturated carbocycles. The molecule has 0 unspecified atom stereocenters. The minimum Gasteiger partial charge on any atom is -0.494 e. The predicted octanol–water partition coefficient (Wildman–Crippen LogP) is 4.29. The maximum Gasteiger partial charge on any atom is 0.257 e. The summed E-state index contributed by atoms with van der Waals surface area (Å²) in [5.74, 6) is 2.33. The van der Waals surface area contributed by atoms with Crippen molar-refractivity contribution in [2.45, 2.75) is 71.3 Å². The number of aryl methyl sites for hydroxylation is 3. The Bertz CT molecular complexity index is 1020. The Labute approximate surface area is 197 Å². The van der Waals surface area contributed by atoms with Gasteiger partial charge in [0.25, 0.3) is 5.91 Å². The number of carbonyl (C=O) groups is 1. The molecule has 6 nitrogen and oxygen atoms in total. The number of rotatable bonds is 6.